The molecule has 3 heterocycles. The number of hydrogen-bond donors (Lipinski definition) is 2. The lowest BCUT2D eigenvalue weighted by Crippen LogP contribution is -2.37. The van der Waals surface area contributed by atoms with Gasteiger partial charge in [-0.05, 0) is 25.1 Å². The van der Waals surface area contributed by atoms with Crippen LogP contribution in [0.1, 0.15) is 12.5 Å². The van der Waals surface area contributed by atoms with Crippen LogP contribution < -0.4 is 5.32 Å². The summed E-state index contributed by atoms with van der Waals surface area (Å²) >= 11 is 0. The summed E-state index contributed by atoms with van der Waals surface area (Å²) in [5.74, 6) is 0.754. The van der Waals surface area contributed by atoms with E-state index in [1.54, 1.807) is 23.9 Å². The second kappa shape index (κ2) is 4.17. The molecule has 0 bridgehead atoms. The van der Waals surface area contributed by atoms with Crippen molar-refractivity contribution in [2.45, 2.75) is 12.6 Å². The van der Waals surface area contributed by atoms with Gasteiger partial charge in [0.2, 0.25) is 0 Å². The van der Waals surface area contributed by atoms with E-state index in [-0.39, 0.29) is 0 Å². The molecule has 0 saturated carbocycles. The van der Waals surface area contributed by atoms with Crippen LogP contribution in [0.3, 0.4) is 0 Å². The summed E-state index contributed by atoms with van der Waals surface area (Å²) in [6.45, 7) is 1.72. The van der Waals surface area contributed by atoms with Crippen LogP contribution in [0.15, 0.2) is 54.7 Å². The first kappa shape index (κ1) is 12.1. The van der Waals surface area contributed by atoms with Gasteiger partial charge in [0.25, 0.3) is 0 Å². The second-order valence-corrected chi connectivity index (χ2v) is 5.30. The van der Waals surface area contributed by atoms with Crippen LogP contribution >= 0.6 is 0 Å². The molecule has 0 unspecified atom stereocenters. The summed E-state index contributed by atoms with van der Waals surface area (Å²) < 4.78 is 1.80. The Morgan fingerprint density at radius 3 is 2.76 bits per heavy atom. The SMILES string of the molecule is C[C@]1(O)C=C(c2ccccc2)n2nc3ncccc3c2N1. The fourth-order valence-electron chi connectivity index (χ4n) is 2.63. The van der Waals surface area contributed by atoms with E-state index in [4.69, 9.17) is 0 Å². The first-order valence-corrected chi connectivity index (χ1v) is 6.77. The van der Waals surface area contributed by atoms with Gasteiger partial charge in [0, 0.05) is 11.8 Å². The molecule has 0 spiro atoms. The number of aromatic nitrogens is 3. The average Bonchev–Trinajstić information content (AvgIpc) is 2.85. The quantitative estimate of drug-likeness (QED) is 0.717. The third kappa shape index (κ3) is 1.90. The van der Waals surface area contributed by atoms with Crippen molar-refractivity contribution < 1.29 is 5.11 Å². The third-order valence-corrected chi connectivity index (χ3v) is 3.54. The Labute approximate surface area is 121 Å². The number of pyridine rings is 1. The van der Waals surface area contributed by atoms with Gasteiger partial charge in [-0.2, -0.15) is 0 Å². The van der Waals surface area contributed by atoms with Crippen molar-refractivity contribution in [3.63, 3.8) is 0 Å². The number of nitrogens with one attached hydrogen (secondary N) is 1. The van der Waals surface area contributed by atoms with E-state index in [2.05, 4.69) is 15.4 Å². The topological polar surface area (TPSA) is 63.0 Å². The number of benzene rings is 1. The van der Waals surface area contributed by atoms with Crippen LogP contribution in [-0.4, -0.2) is 25.6 Å². The van der Waals surface area contributed by atoms with Gasteiger partial charge in [0.05, 0.1) is 11.1 Å². The Kier molecular flexibility index (Phi) is 2.40. The molecule has 1 aromatic carbocycles. The maximum Gasteiger partial charge on any atom is 0.183 e. The lowest BCUT2D eigenvalue weighted by Gasteiger charge is -2.29. The number of aliphatic hydroxyl groups is 1. The van der Waals surface area contributed by atoms with E-state index < -0.39 is 5.72 Å². The molecule has 2 N–H and O–H groups in total. The van der Waals surface area contributed by atoms with Crippen LogP contribution in [0.2, 0.25) is 0 Å². The molecule has 0 radical (unpaired) electrons. The van der Waals surface area contributed by atoms with Crippen LogP contribution in [0, 0.1) is 0 Å². The van der Waals surface area contributed by atoms with Gasteiger partial charge in [-0.25, -0.2) is 9.67 Å². The van der Waals surface area contributed by atoms with Gasteiger partial charge in [-0.15, -0.1) is 5.10 Å². The fraction of sp³-hybridized carbons (Fsp3) is 0.125. The van der Waals surface area contributed by atoms with Crippen molar-refractivity contribution in [2.24, 2.45) is 0 Å². The van der Waals surface area contributed by atoms with E-state index in [0.717, 1.165) is 22.5 Å². The summed E-state index contributed by atoms with van der Waals surface area (Å²) in [5.41, 5.74) is 1.35. The highest BCUT2D eigenvalue weighted by Gasteiger charge is 2.29. The minimum absolute atomic E-state index is 0.652. The Morgan fingerprint density at radius 2 is 1.95 bits per heavy atom. The molecule has 3 aromatic rings. The summed E-state index contributed by atoms with van der Waals surface area (Å²) in [7, 11) is 0. The molecule has 1 aliphatic rings. The molecule has 5 nitrogen and oxygen atoms in total. The van der Waals surface area contributed by atoms with E-state index >= 15 is 0 Å². The molecule has 5 heteroatoms. The molecular formula is C16H14N4O. The maximum atomic E-state index is 10.5. The van der Waals surface area contributed by atoms with Gasteiger partial charge < -0.3 is 10.4 Å². The number of nitrogens with zero attached hydrogens (tertiary/aromatic N) is 3. The van der Waals surface area contributed by atoms with E-state index in [9.17, 15) is 5.11 Å². The lowest BCUT2D eigenvalue weighted by molar-refractivity contribution is 0.140. The van der Waals surface area contributed by atoms with Crippen LogP contribution in [0.5, 0.6) is 0 Å². The minimum atomic E-state index is -1.13. The van der Waals surface area contributed by atoms with Crippen LogP contribution in [0.25, 0.3) is 16.7 Å². The molecule has 0 aliphatic carbocycles. The maximum absolute atomic E-state index is 10.5. The zero-order valence-corrected chi connectivity index (χ0v) is 11.5. The van der Waals surface area contributed by atoms with Gasteiger partial charge in [0.1, 0.15) is 5.82 Å². The highest BCUT2D eigenvalue weighted by molar-refractivity contribution is 5.92. The Morgan fingerprint density at radius 1 is 1.14 bits per heavy atom. The smallest absolute Gasteiger partial charge is 0.183 e. The predicted molar refractivity (Wildman–Crippen MR) is 81.6 cm³/mol. The Balaban J connectivity index is 2.01. The zero-order valence-electron chi connectivity index (χ0n) is 11.5. The molecule has 0 fully saturated rings. The average molecular weight is 278 g/mol. The van der Waals surface area contributed by atoms with E-state index in [0.29, 0.717) is 5.65 Å². The molecule has 104 valence electrons. The first-order chi connectivity index (χ1) is 10.1. The molecule has 0 amide bonds. The molecule has 21 heavy (non-hydrogen) atoms. The van der Waals surface area contributed by atoms with Gasteiger partial charge in [-0.1, -0.05) is 30.3 Å². The molecule has 2 aromatic heterocycles. The van der Waals surface area contributed by atoms with Gasteiger partial charge in [-0.3, -0.25) is 0 Å². The predicted octanol–water partition coefficient (Wildman–Crippen LogP) is 2.45. The summed E-state index contributed by atoms with van der Waals surface area (Å²) in [6, 6.07) is 13.7. The Hall–Kier alpha value is -2.66. The van der Waals surface area contributed by atoms with Crippen molar-refractivity contribution in [2.75, 3.05) is 5.32 Å². The monoisotopic (exact) mass is 278 g/mol. The first-order valence-electron chi connectivity index (χ1n) is 6.77. The largest absolute Gasteiger partial charge is 0.368 e. The highest BCUT2D eigenvalue weighted by Crippen LogP contribution is 2.34. The number of rotatable bonds is 1. The van der Waals surface area contributed by atoms with Gasteiger partial charge in [0.15, 0.2) is 11.4 Å². The highest BCUT2D eigenvalue weighted by atomic mass is 16.3. The summed E-state index contributed by atoms with van der Waals surface area (Å²) in [4.78, 5) is 4.28. The Bertz CT molecular complexity index is 849. The molecule has 1 aliphatic heterocycles. The van der Waals surface area contributed by atoms with E-state index in [1.807, 2.05) is 42.5 Å². The number of anilines is 1. The van der Waals surface area contributed by atoms with Crippen molar-refractivity contribution >= 4 is 22.5 Å². The van der Waals surface area contributed by atoms with Crippen molar-refractivity contribution in [3.8, 4) is 0 Å². The van der Waals surface area contributed by atoms with Crippen LogP contribution in [0.4, 0.5) is 5.82 Å². The number of fused-ring (bicyclic) bond motifs is 3. The standard InChI is InChI=1S/C16H14N4O/c1-16(21)10-13(11-6-3-2-4-7-11)20-15(18-16)12-8-5-9-17-14(12)19-20/h2-10,18,21H,1H3/t16-/m0/s1. The van der Waals surface area contributed by atoms with Gasteiger partial charge >= 0.3 is 0 Å². The van der Waals surface area contributed by atoms with Crippen LogP contribution in [-0.2, 0) is 0 Å². The van der Waals surface area contributed by atoms with Crippen molar-refractivity contribution in [1.82, 2.24) is 14.8 Å². The van der Waals surface area contributed by atoms with Crippen molar-refractivity contribution in [3.05, 3.63) is 60.3 Å². The normalized spacial score (nSPS) is 20.8. The van der Waals surface area contributed by atoms with Crippen molar-refractivity contribution in [1.29, 1.82) is 0 Å². The third-order valence-electron chi connectivity index (χ3n) is 3.54. The summed E-state index contributed by atoms with van der Waals surface area (Å²) in [6.07, 6.45) is 3.48. The zero-order chi connectivity index (χ0) is 14.4. The number of hydrogen-bond acceptors (Lipinski definition) is 4. The van der Waals surface area contributed by atoms with E-state index in [1.165, 1.54) is 0 Å². The molecule has 0 saturated heterocycles. The summed E-state index contributed by atoms with van der Waals surface area (Å²) in [5, 5.41) is 19.0. The molecule has 4 rings (SSSR count). The fourth-order valence-corrected chi connectivity index (χ4v) is 2.63. The second-order valence-electron chi connectivity index (χ2n) is 5.30. The minimum Gasteiger partial charge on any atom is -0.368 e. The molecule has 1 atom stereocenters. The molecular weight excluding hydrogens is 264 g/mol. The lowest BCUT2D eigenvalue weighted by atomic mass is 10.1.